The topological polar surface area (TPSA) is 111 Å². The fourth-order valence-electron chi connectivity index (χ4n) is 3.84. The summed E-state index contributed by atoms with van der Waals surface area (Å²) >= 11 is 0. The standard InChI is InChI=1S/C32H56O10/c1-2-3-4-5-6-7-8-9-30-10-12-31(13-11-30)42-29-28-41-27-26-40-25-24-39-23-22-38-21-20-37-19-18-36-17-16-35-15-14-32(33)34/h10-13H,2-9,14-29H2,1H3,(H,33,34). The molecule has 0 saturated carbocycles. The summed E-state index contributed by atoms with van der Waals surface area (Å²) < 4.78 is 43.6. The minimum absolute atomic E-state index is 0.00410. The first-order chi connectivity index (χ1) is 20.7. The van der Waals surface area contributed by atoms with Crippen molar-refractivity contribution in [2.24, 2.45) is 0 Å². The first kappa shape index (κ1) is 38.2. The number of aryl methyl sites for hydroxylation is 1. The van der Waals surface area contributed by atoms with Crippen molar-refractivity contribution in [3.05, 3.63) is 29.8 Å². The third-order valence-corrected chi connectivity index (χ3v) is 6.18. The van der Waals surface area contributed by atoms with Crippen LogP contribution in [0.3, 0.4) is 0 Å². The zero-order valence-corrected chi connectivity index (χ0v) is 25.9. The van der Waals surface area contributed by atoms with Crippen molar-refractivity contribution >= 4 is 5.97 Å². The Morgan fingerprint density at radius 1 is 0.524 bits per heavy atom. The highest BCUT2D eigenvalue weighted by molar-refractivity contribution is 5.66. The molecule has 0 aromatic heterocycles. The summed E-state index contributed by atoms with van der Waals surface area (Å²) in [7, 11) is 0. The molecule has 1 aromatic rings. The molecule has 0 spiro atoms. The van der Waals surface area contributed by atoms with Crippen LogP contribution < -0.4 is 4.74 Å². The third-order valence-electron chi connectivity index (χ3n) is 6.18. The molecule has 0 aliphatic heterocycles. The summed E-state index contributed by atoms with van der Waals surface area (Å²) in [6, 6.07) is 8.42. The molecule has 0 heterocycles. The second-order valence-corrected chi connectivity index (χ2v) is 9.79. The molecule has 0 saturated heterocycles. The number of rotatable bonds is 33. The molecule has 1 rings (SSSR count). The molecule has 0 fully saturated rings. The molecule has 1 aromatic carbocycles. The van der Waals surface area contributed by atoms with Crippen LogP contribution in [0.15, 0.2) is 24.3 Å². The van der Waals surface area contributed by atoms with E-state index in [2.05, 4.69) is 19.1 Å². The SMILES string of the molecule is CCCCCCCCCc1ccc(OCCOCCOCCOCCOCCOCCOCCOCCC(=O)O)cc1. The lowest BCUT2D eigenvalue weighted by molar-refractivity contribution is -0.138. The fraction of sp³-hybridized carbons (Fsp3) is 0.781. The van der Waals surface area contributed by atoms with Gasteiger partial charge in [-0.2, -0.15) is 0 Å². The number of benzene rings is 1. The quantitative estimate of drug-likeness (QED) is 0.111. The Kier molecular flexibility index (Phi) is 27.9. The number of carboxylic acid groups (broad SMARTS) is 1. The zero-order valence-electron chi connectivity index (χ0n) is 25.9. The largest absolute Gasteiger partial charge is 0.491 e. The van der Waals surface area contributed by atoms with Gasteiger partial charge in [-0.3, -0.25) is 4.79 Å². The first-order valence-electron chi connectivity index (χ1n) is 15.7. The molecular formula is C32H56O10. The van der Waals surface area contributed by atoms with Gasteiger partial charge in [0.2, 0.25) is 0 Å². The van der Waals surface area contributed by atoms with Crippen LogP contribution in [0.1, 0.15) is 63.9 Å². The number of carboxylic acids is 1. The van der Waals surface area contributed by atoms with Gasteiger partial charge in [0.25, 0.3) is 0 Å². The smallest absolute Gasteiger partial charge is 0.305 e. The van der Waals surface area contributed by atoms with E-state index < -0.39 is 5.97 Å². The molecule has 1 N–H and O–H groups in total. The molecule has 0 bridgehead atoms. The Hall–Kier alpha value is -1.79. The van der Waals surface area contributed by atoms with E-state index in [0.717, 1.165) is 12.2 Å². The van der Waals surface area contributed by atoms with Crippen LogP contribution in [-0.4, -0.2) is 110 Å². The van der Waals surface area contributed by atoms with E-state index in [4.69, 9.17) is 43.0 Å². The van der Waals surface area contributed by atoms with Gasteiger partial charge in [-0.1, -0.05) is 57.6 Å². The second kappa shape index (κ2) is 30.7. The first-order valence-corrected chi connectivity index (χ1v) is 15.7. The normalized spacial score (nSPS) is 11.3. The monoisotopic (exact) mass is 600 g/mol. The average Bonchev–Trinajstić information content (AvgIpc) is 2.99. The zero-order chi connectivity index (χ0) is 30.2. The molecule has 0 unspecified atom stereocenters. The highest BCUT2D eigenvalue weighted by Gasteiger charge is 1.99. The summed E-state index contributed by atoms with van der Waals surface area (Å²) in [6.07, 6.45) is 10.5. The lowest BCUT2D eigenvalue weighted by atomic mass is 10.0. The number of ether oxygens (including phenoxy) is 8. The van der Waals surface area contributed by atoms with Crippen LogP contribution in [0.2, 0.25) is 0 Å². The molecule has 42 heavy (non-hydrogen) atoms. The van der Waals surface area contributed by atoms with Crippen molar-refractivity contribution in [2.75, 3.05) is 99.1 Å². The molecule has 0 radical (unpaired) electrons. The predicted molar refractivity (Wildman–Crippen MR) is 162 cm³/mol. The number of aliphatic carboxylic acids is 1. The van der Waals surface area contributed by atoms with E-state index in [-0.39, 0.29) is 13.0 Å². The average molecular weight is 601 g/mol. The van der Waals surface area contributed by atoms with E-state index in [1.165, 1.54) is 50.5 Å². The predicted octanol–water partition coefficient (Wildman–Crippen LogP) is 4.95. The molecule has 0 aliphatic carbocycles. The van der Waals surface area contributed by atoms with Gasteiger partial charge in [0.1, 0.15) is 12.4 Å². The van der Waals surface area contributed by atoms with E-state index in [1.807, 2.05) is 12.1 Å². The second-order valence-electron chi connectivity index (χ2n) is 9.79. The van der Waals surface area contributed by atoms with Gasteiger partial charge in [0.05, 0.1) is 98.9 Å². The molecule has 10 heteroatoms. The molecule has 0 aliphatic rings. The molecule has 244 valence electrons. The Balaban J connectivity index is 1.75. The van der Waals surface area contributed by atoms with Crippen LogP contribution in [0, 0.1) is 0 Å². The maximum atomic E-state index is 10.3. The van der Waals surface area contributed by atoms with Gasteiger partial charge >= 0.3 is 5.97 Å². The maximum Gasteiger partial charge on any atom is 0.305 e. The number of hydrogen-bond acceptors (Lipinski definition) is 9. The summed E-state index contributed by atoms with van der Waals surface area (Å²) in [5.74, 6) is 0.0134. The number of hydrogen-bond donors (Lipinski definition) is 1. The van der Waals surface area contributed by atoms with Gasteiger partial charge in [0.15, 0.2) is 0 Å². The molecule has 0 amide bonds. The van der Waals surface area contributed by atoms with Crippen LogP contribution >= 0.6 is 0 Å². The van der Waals surface area contributed by atoms with Gasteiger partial charge in [0, 0.05) is 0 Å². The maximum absolute atomic E-state index is 10.3. The Labute approximate surface area is 253 Å². The van der Waals surface area contributed by atoms with Crippen molar-refractivity contribution in [1.82, 2.24) is 0 Å². The Morgan fingerprint density at radius 2 is 0.905 bits per heavy atom. The van der Waals surface area contributed by atoms with E-state index >= 15 is 0 Å². The summed E-state index contributed by atoms with van der Waals surface area (Å²) in [6.45, 7) is 9.26. The highest BCUT2D eigenvalue weighted by atomic mass is 16.6. The van der Waals surface area contributed by atoms with Gasteiger partial charge in [-0.25, -0.2) is 0 Å². The van der Waals surface area contributed by atoms with Crippen molar-refractivity contribution in [1.29, 1.82) is 0 Å². The van der Waals surface area contributed by atoms with E-state index in [1.54, 1.807) is 0 Å². The Morgan fingerprint density at radius 3 is 1.33 bits per heavy atom. The lowest BCUT2D eigenvalue weighted by Crippen LogP contribution is -2.15. The number of carbonyl (C=O) groups is 1. The highest BCUT2D eigenvalue weighted by Crippen LogP contribution is 2.15. The summed E-state index contributed by atoms with van der Waals surface area (Å²) in [4.78, 5) is 10.3. The minimum atomic E-state index is -0.868. The van der Waals surface area contributed by atoms with Crippen molar-refractivity contribution < 1.29 is 47.8 Å². The van der Waals surface area contributed by atoms with Gasteiger partial charge in [-0.05, 0) is 30.5 Å². The van der Waals surface area contributed by atoms with Crippen molar-refractivity contribution in [2.45, 2.75) is 64.7 Å². The summed E-state index contributed by atoms with van der Waals surface area (Å²) in [5.41, 5.74) is 1.38. The van der Waals surface area contributed by atoms with Crippen LogP contribution in [-0.2, 0) is 44.4 Å². The van der Waals surface area contributed by atoms with E-state index in [0.29, 0.717) is 92.5 Å². The van der Waals surface area contributed by atoms with Crippen molar-refractivity contribution in [3.8, 4) is 5.75 Å². The third kappa shape index (κ3) is 27.1. The summed E-state index contributed by atoms with van der Waals surface area (Å²) in [5, 5.41) is 8.49. The number of unbranched alkanes of at least 4 members (excludes halogenated alkanes) is 6. The van der Waals surface area contributed by atoms with Crippen LogP contribution in [0.5, 0.6) is 5.75 Å². The molecular weight excluding hydrogens is 544 g/mol. The molecule has 10 nitrogen and oxygen atoms in total. The fourth-order valence-corrected chi connectivity index (χ4v) is 3.84. The minimum Gasteiger partial charge on any atom is -0.491 e. The Bertz CT molecular complexity index is 701. The van der Waals surface area contributed by atoms with Gasteiger partial charge < -0.3 is 43.0 Å². The van der Waals surface area contributed by atoms with E-state index in [9.17, 15) is 4.79 Å². The van der Waals surface area contributed by atoms with Crippen molar-refractivity contribution in [3.63, 3.8) is 0 Å². The van der Waals surface area contributed by atoms with Gasteiger partial charge in [-0.15, -0.1) is 0 Å². The van der Waals surface area contributed by atoms with Crippen LogP contribution in [0.25, 0.3) is 0 Å². The lowest BCUT2D eigenvalue weighted by Gasteiger charge is -2.09. The van der Waals surface area contributed by atoms with Crippen LogP contribution in [0.4, 0.5) is 0 Å². The molecule has 0 atom stereocenters.